The highest BCUT2D eigenvalue weighted by molar-refractivity contribution is 6.02. The minimum atomic E-state index is -0.809. The van der Waals surface area contributed by atoms with E-state index in [9.17, 15) is 19.2 Å². The van der Waals surface area contributed by atoms with E-state index in [2.05, 4.69) is 0 Å². The molecule has 4 aromatic rings. The fourth-order valence-electron chi connectivity index (χ4n) is 8.31. The van der Waals surface area contributed by atoms with Gasteiger partial charge in [0.15, 0.2) is 17.9 Å². The molecule has 0 aliphatic carbocycles. The second-order valence-electron chi connectivity index (χ2n) is 15.2. The van der Waals surface area contributed by atoms with Crippen molar-refractivity contribution in [3.63, 3.8) is 0 Å². The van der Waals surface area contributed by atoms with Gasteiger partial charge in [-0.2, -0.15) is 0 Å². The largest absolute Gasteiger partial charge is 0.486 e. The molecule has 12 nitrogen and oxygen atoms in total. The molecule has 0 saturated carbocycles. The number of benzene rings is 4. The van der Waals surface area contributed by atoms with Crippen molar-refractivity contribution in [1.82, 2.24) is 9.80 Å². The smallest absolute Gasteiger partial charge is 0.410 e. The molecule has 2 amide bonds. The molecule has 4 aliphatic heterocycles. The lowest BCUT2D eigenvalue weighted by Crippen LogP contribution is -2.61. The molecular formula is C47H52N2O10. The van der Waals surface area contributed by atoms with Gasteiger partial charge in [0.2, 0.25) is 0 Å². The number of amides is 2. The maximum absolute atomic E-state index is 13.6. The molecule has 59 heavy (non-hydrogen) atoms. The van der Waals surface area contributed by atoms with E-state index in [0.717, 1.165) is 11.1 Å². The second kappa shape index (κ2) is 18.9. The van der Waals surface area contributed by atoms with Crippen molar-refractivity contribution >= 4 is 23.8 Å². The summed E-state index contributed by atoms with van der Waals surface area (Å²) in [6.45, 7) is 7.00. The summed E-state index contributed by atoms with van der Waals surface area (Å²) in [7, 11) is 0. The van der Waals surface area contributed by atoms with Crippen LogP contribution in [0.3, 0.4) is 0 Å². The number of Topliss-reactive ketones (excluding diaryl/α,β-unsaturated/α-hetero) is 2. The summed E-state index contributed by atoms with van der Waals surface area (Å²) in [5.41, 5.74) is 1.80. The maximum atomic E-state index is 13.6. The molecular weight excluding hydrogens is 753 g/mol. The molecule has 8 rings (SSSR count). The predicted octanol–water partition coefficient (Wildman–Crippen LogP) is 8.27. The van der Waals surface area contributed by atoms with Crippen LogP contribution in [0.5, 0.6) is 11.5 Å². The lowest BCUT2D eigenvalue weighted by Gasteiger charge is -2.49. The van der Waals surface area contributed by atoms with Gasteiger partial charge in [-0.1, -0.05) is 84.9 Å². The molecule has 4 heterocycles. The van der Waals surface area contributed by atoms with Gasteiger partial charge in [0.05, 0.1) is 17.5 Å². The Morgan fingerprint density at radius 1 is 0.627 bits per heavy atom. The first-order valence-corrected chi connectivity index (χ1v) is 20.5. The van der Waals surface area contributed by atoms with Gasteiger partial charge in [-0.3, -0.25) is 9.59 Å². The zero-order valence-corrected chi connectivity index (χ0v) is 33.7. The van der Waals surface area contributed by atoms with Crippen molar-refractivity contribution in [2.75, 3.05) is 39.4 Å². The maximum Gasteiger partial charge on any atom is 0.410 e. The van der Waals surface area contributed by atoms with Gasteiger partial charge in [0, 0.05) is 65.1 Å². The first-order valence-electron chi connectivity index (χ1n) is 20.5. The number of likely N-dealkylation sites (tertiary alicyclic amines) is 2. The van der Waals surface area contributed by atoms with Gasteiger partial charge < -0.3 is 38.2 Å². The summed E-state index contributed by atoms with van der Waals surface area (Å²) >= 11 is 0. The molecule has 0 bridgehead atoms. The summed E-state index contributed by atoms with van der Waals surface area (Å²) in [6.07, 6.45) is 1.21. The van der Waals surface area contributed by atoms with E-state index in [0.29, 0.717) is 94.1 Å². The zero-order valence-electron chi connectivity index (χ0n) is 33.7. The zero-order chi connectivity index (χ0) is 41.2. The fourth-order valence-corrected chi connectivity index (χ4v) is 8.31. The number of piperidine rings is 2. The van der Waals surface area contributed by atoms with Gasteiger partial charge in [0.25, 0.3) is 0 Å². The van der Waals surface area contributed by atoms with Crippen LogP contribution >= 0.6 is 0 Å². The number of rotatable bonds is 9. The van der Waals surface area contributed by atoms with Crippen LogP contribution in [0.4, 0.5) is 9.59 Å². The Balaban J connectivity index is 0.000000184. The Hall–Kier alpha value is -5.72. The van der Waals surface area contributed by atoms with E-state index in [1.54, 1.807) is 21.9 Å². The molecule has 1 unspecified atom stereocenters. The minimum Gasteiger partial charge on any atom is -0.486 e. The summed E-state index contributed by atoms with van der Waals surface area (Å²) in [5, 5.41) is 0. The highest BCUT2D eigenvalue weighted by Gasteiger charge is 2.55. The average molecular weight is 805 g/mol. The lowest BCUT2D eigenvalue weighted by atomic mass is 9.73. The van der Waals surface area contributed by atoms with Crippen molar-refractivity contribution in [1.29, 1.82) is 0 Å². The molecule has 2 spiro atoms. The third-order valence-corrected chi connectivity index (χ3v) is 11.5. The standard InChI is InChI=1S/C26H31NO6.C21H21NO4/c1-3-30-24(31-4-2)22-23(28)20-12-8-9-13-21(20)33-26(22)14-16-27(17-15-26)25(29)32-18-19-10-6-5-7-11-19;23-18-14-21(26-19-9-5-4-8-17(18)19)10-12-22(13-11-21)20(24)25-15-16-6-2-1-3-7-16/h5-13,22,24H,3-4,14-18H2,1-2H3;1-9H,10-15H2. The molecule has 0 aromatic heterocycles. The van der Waals surface area contributed by atoms with E-state index in [4.69, 9.17) is 28.4 Å². The van der Waals surface area contributed by atoms with Crippen LogP contribution in [0.2, 0.25) is 0 Å². The van der Waals surface area contributed by atoms with Crippen LogP contribution in [0, 0.1) is 5.92 Å². The highest BCUT2D eigenvalue weighted by atomic mass is 16.7. The second-order valence-corrected chi connectivity index (χ2v) is 15.2. The van der Waals surface area contributed by atoms with Crippen molar-refractivity contribution in [2.24, 2.45) is 5.92 Å². The lowest BCUT2D eigenvalue weighted by molar-refractivity contribution is -0.198. The Kier molecular flexibility index (Phi) is 13.3. The SMILES string of the molecule is CCOC(OCC)C1C(=O)c2ccccc2OC12CCN(C(=O)OCc1ccccc1)CC2.O=C1CC2(CCN(C(=O)OCc3ccccc3)CC2)Oc2ccccc21. The van der Waals surface area contributed by atoms with E-state index >= 15 is 0 Å². The minimum absolute atomic E-state index is 0.0381. The van der Waals surface area contributed by atoms with E-state index in [1.807, 2.05) is 111 Å². The molecule has 0 radical (unpaired) electrons. The molecule has 4 aromatic carbocycles. The molecule has 4 aliphatic rings. The van der Waals surface area contributed by atoms with E-state index in [1.165, 1.54) is 0 Å². The summed E-state index contributed by atoms with van der Waals surface area (Å²) in [6, 6.07) is 33.9. The summed E-state index contributed by atoms with van der Waals surface area (Å²) in [5.74, 6) is 0.694. The van der Waals surface area contributed by atoms with Crippen LogP contribution in [-0.4, -0.2) is 90.4 Å². The number of nitrogens with zero attached hydrogens (tertiary/aromatic N) is 2. The first-order chi connectivity index (χ1) is 28.7. The van der Waals surface area contributed by atoms with Gasteiger partial charge >= 0.3 is 12.2 Å². The van der Waals surface area contributed by atoms with E-state index < -0.39 is 23.4 Å². The number of ether oxygens (including phenoxy) is 6. The molecule has 2 fully saturated rings. The van der Waals surface area contributed by atoms with Crippen molar-refractivity contribution in [3.8, 4) is 11.5 Å². The Labute approximate surface area is 345 Å². The fraction of sp³-hybridized carbons (Fsp3) is 0.404. The quantitative estimate of drug-likeness (QED) is 0.153. The summed E-state index contributed by atoms with van der Waals surface area (Å²) < 4.78 is 35.3. The van der Waals surface area contributed by atoms with Crippen LogP contribution in [-0.2, 0) is 32.2 Å². The molecule has 12 heteroatoms. The number of carbonyl (C=O) groups excluding carboxylic acids is 4. The Morgan fingerprint density at radius 3 is 1.61 bits per heavy atom. The Morgan fingerprint density at radius 2 is 1.08 bits per heavy atom. The highest BCUT2D eigenvalue weighted by Crippen LogP contribution is 2.45. The van der Waals surface area contributed by atoms with Crippen LogP contribution in [0.15, 0.2) is 109 Å². The van der Waals surface area contributed by atoms with Gasteiger partial charge in [0.1, 0.15) is 41.8 Å². The van der Waals surface area contributed by atoms with Gasteiger partial charge in [-0.05, 0) is 49.2 Å². The number of fused-ring (bicyclic) bond motifs is 2. The van der Waals surface area contributed by atoms with E-state index in [-0.39, 0.29) is 37.0 Å². The van der Waals surface area contributed by atoms with Gasteiger partial charge in [-0.25, -0.2) is 9.59 Å². The molecule has 310 valence electrons. The number of hydrogen-bond acceptors (Lipinski definition) is 10. The van der Waals surface area contributed by atoms with Crippen molar-refractivity contribution in [3.05, 3.63) is 131 Å². The third kappa shape index (κ3) is 9.61. The van der Waals surface area contributed by atoms with Crippen molar-refractivity contribution in [2.45, 2.75) is 76.7 Å². The van der Waals surface area contributed by atoms with Crippen molar-refractivity contribution < 1.29 is 47.6 Å². The third-order valence-electron chi connectivity index (χ3n) is 11.5. The average Bonchev–Trinajstić information content (AvgIpc) is 3.26. The number of carbonyl (C=O) groups is 4. The van der Waals surface area contributed by atoms with Gasteiger partial charge in [-0.15, -0.1) is 0 Å². The van der Waals surface area contributed by atoms with Crippen LogP contribution < -0.4 is 9.47 Å². The number of hydrogen-bond donors (Lipinski definition) is 0. The Bertz CT molecular complexity index is 2050. The monoisotopic (exact) mass is 804 g/mol. The molecule has 2 saturated heterocycles. The molecule has 1 atom stereocenters. The number of para-hydroxylation sites is 2. The first kappa shape index (κ1) is 41.4. The number of ketones is 2. The summed E-state index contributed by atoms with van der Waals surface area (Å²) in [4.78, 5) is 54.4. The van der Waals surface area contributed by atoms with Crippen LogP contribution in [0.25, 0.3) is 0 Å². The van der Waals surface area contributed by atoms with Crippen LogP contribution in [0.1, 0.15) is 77.8 Å². The topological polar surface area (TPSA) is 130 Å². The molecule has 0 N–H and O–H groups in total. The predicted molar refractivity (Wildman–Crippen MR) is 218 cm³/mol. The normalized spacial score (nSPS) is 18.8.